The molecule has 3 amide bonds. The number of methoxy groups -OCH3 is 1. The minimum atomic E-state index is -2.10. The van der Waals surface area contributed by atoms with Crippen LogP contribution in [0.2, 0.25) is 0 Å². The lowest BCUT2D eigenvalue weighted by Crippen LogP contribution is -2.64. The van der Waals surface area contributed by atoms with Gasteiger partial charge in [0.1, 0.15) is 37.5 Å². The zero-order valence-electron chi connectivity index (χ0n) is 46.4. The maximum absolute atomic E-state index is 15.6. The number of amides is 3. The lowest BCUT2D eigenvalue weighted by molar-refractivity contribution is -0.282. The van der Waals surface area contributed by atoms with Gasteiger partial charge in [0, 0.05) is 62.9 Å². The molecular formula is C58H62FN5O19. The molecule has 0 saturated carbocycles. The normalized spacial score (nSPS) is 22.9. The Balaban J connectivity index is 0.984. The zero-order chi connectivity index (χ0) is 59.4. The molecule has 0 bridgehead atoms. The van der Waals surface area contributed by atoms with Gasteiger partial charge in [-0.3, -0.25) is 28.8 Å². The highest BCUT2D eigenvalue weighted by molar-refractivity contribution is 5.97. The van der Waals surface area contributed by atoms with E-state index in [1.807, 2.05) is 0 Å². The SMILES string of the molecule is CC[C@@]1(O)C(=O)OCc2c1cc1n(c2=O)Cc2c-1nc1cc(F)c(C)c3c1c2[C@@H](NC(=O)OCc1ccc(O[C@@H]2O[C@H](C(=O)OC)[C@@H](OC(C)=O)[C@H](OC(C)=O)[C@H]2OC(C)=O)c(C(=O)NCCNC(=O)COC2C#CCCCCC2)c1)CC3. The van der Waals surface area contributed by atoms with Crippen molar-refractivity contribution in [3.05, 3.63) is 91.0 Å². The highest BCUT2D eigenvalue weighted by atomic mass is 19.1. The first kappa shape index (κ1) is 59.2. The van der Waals surface area contributed by atoms with Crippen molar-refractivity contribution in [3.63, 3.8) is 0 Å². The molecule has 5 aliphatic rings. The van der Waals surface area contributed by atoms with Crippen LogP contribution in [-0.4, -0.2) is 126 Å². The number of hydrogen-bond acceptors (Lipinski definition) is 20. The second-order valence-electron chi connectivity index (χ2n) is 20.6. The Morgan fingerprint density at radius 2 is 1.64 bits per heavy atom. The maximum atomic E-state index is 15.6. The molecule has 2 aromatic heterocycles. The summed E-state index contributed by atoms with van der Waals surface area (Å²) >= 11 is 0. The quantitative estimate of drug-likeness (QED) is 0.0446. The second kappa shape index (κ2) is 24.9. The van der Waals surface area contributed by atoms with Gasteiger partial charge in [0.2, 0.25) is 18.3 Å². The van der Waals surface area contributed by atoms with Gasteiger partial charge in [-0.15, -0.1) is 5.92 Å². The number of aromatic nitrogens is 2. The van der Waals surface area contributed by atoms with E-state index in [1.54, 1.807) is 19.9 Å². The molecule has 1 unspecified atom stereocenters. The summed E-state index contributed by atoms with van der Waals surface area (Å²) in [6, 6.07) is 6.08. The third-order valence-corrected chi connectivity index (χ3v) is 15.1. The maximum Gasteiger partial charge on any atom is 0.407 e. The second-order valence-corrected chi connectivity index (χ2v) is 20.6. The van der Waals surface area contributed by atoms with E-state index < -0.39 is 108 Å². The van der Waals surface area contributed by atoms with Gasteiger partial charge in [-0.2, -0.15) is 0 Å². The van der Waals surface area contributed by atoms with Crippen molar-refractivity contribution in [2.75, 3.05) is 26.8 Å². The smallest absolute Gasteiger partial charge is 0.407 e. The van der Waals surface area contributed by atoms with E-state index >= 15 is 4.39 Å². The number of carbonyl (C=O) groups excluding carboxylic acids is 8. The van der Waals surface area contributed by atoms with E-state index in [4.69, 9.17) is 47.6 Å². The van der Waals surface area contributed by atoms with Gasteiger partial charge in [-0.25, -0.2) is 23.8 Å². The predicted molar refractivity (Wildman–Crippen MR) is 284 cm³/mol. The van der Waals surface area contributed by atoms with Crippen molar-refractivity contribution in [1.82, 2.24) is 25.5 Å². The first-order valence-electron chi connectivity index (χ1n) is 27.1. The lowest BCUT2D eigenvalue weighted by Gasteiger charge is -2.43. The number of ether oxygens (including phenoxy) is 9. The first-order valence-corrected chi connectivity index (χ1v) is 27.1. The molecule has 440 valence electrons. The van der Waals surface area contributed by atoms with Crippen molar-refractivity contribution >= 4 is 58.7 Å². The van der Waals surface area contributed by atoms with Gasteiger partial charge in [-0.1, -0.05) is 25.3 Å². The predicted octanol–water partition coefficient (Wildman–Crippen LogP) is 3.71. The number of halogens is 1. The van der Waals surface area contributed by atoms with Gasteiger partial charge in [0.25, 0.3) is 11.5 Å². The molecule has 0 spiro atoms. The molecule has 3 aliphatic heterocycles. The molecule has 1 fully saturated rings. The highest BCUT2D eigenvalue weighted by Crippen LogP contribution is 2.46. The number of esters is 5. The third kappa shape index (κ3) is 12.4. The van der Waals surface area contributed by atoms with Crippen molar-refractivity contribution in [2.24, 2.45) is 0 Å². The summed E-state index contributed by atoms with van der Waals surface area (Å²) in [4.78, 5) is 124. The number of aryl methyl sites for hydroxylation is 1. The fourth-order valence-electron chi connectivity index (χ4n) is 11.1. The summed E-state index contributed by atoms with van der Waals surface area (Å²) in [6.45, 7) is 5.02. The number of hydrogen-bond donors (Lipinski definition) is 4. The summed E-state index contributed by atoms with van der Waals surface area (Å²) in [5.41, 5.74) is 0.594. The number of nitrogens with one attached hydrogen (secondary N) is 3. The average Bonchev–Trinajstić information content (AvgIpc) is 2.79. The van der Waals surface area contributed by atoms with Gasteiger partial charge in [0.15, 0.2) is 23.9 Å². The Labute approximate surface area is 474 Å². The van der Waals surface area contributed by atoms with Crippen LogP contribution < -0.4 is 26.2 Å². The largest absolute Gasteiger partial charge is 0.467 e. The molecule has 2 aromatic carbocycles. The summed E-state index contributed by atoms with van der Waals surface area (Å²) in [7, 11) is 1.02. The lowest BCUT2D eigenvalue weighted by atomic mass is 9.81. The number of rotatable bonds is 17. The third-order valence-electron chi connectivity index (χ3n) is 15.1. The van der Waals surface area contributed by atoms with Crippen LogP contribution in [0.1, 0.15) is 128 Å². The van der Waals surface area contributed by atoms with E-state index in [0.29, 0.717) is 46.2 Å². The van der Waals surface area contributed by atoms with Crippen molar-refractivity contribution in [3.8, 4) is 29.0 Å². The van der Waals surface area contributed by atoms with E-state index in [1.165, 1.54) is 28.8 Å². The molecule has 5 heterocycles. The Morgan fingerprint density at radius 3 is 2.37 bits per heavy atom. The highest BCUT2D eigenvalue weighted by Gasteiger charge is 2.56. The van der Waals surface area contributed by atoms with Crippen LogP contribution in [0.3, 0.4) is 0 Å². The van der Waals surface area contributed by atoms with Gasteiger partial charge in [0.05, 0.1) is 47.7 Å². The summed E-state index contributed by atoms with van der Waals surface area (Å²) in [5, 5.41) is 20.4. The molecular weight excluding hydrogens is 1090 g/mol. The standard InChI is InChI=1S/C58H62FN5O19/c1-7-58(74)38-22-42-47-36(24-64(42)53(70)37(38)26-77-56(58)72)46-40(17-16-34-28(2)39(59)23-41(62-47)45(34)46)63-57(73)78-25-32-15-18-43(35(21-32)52(69)61-20-19-60-44(68)27-76-33-13-11-9-8-10-12-14-33)82-55-51(81-31(5)67)49(80-30(4)66)48(79-29(3)65)50(83-55)54(71)75-6/h15,18,21-23,33,40,48-51,55,74H,7-11,13,16-17,19-20,24-27H2,1-6H3,(H,60,68)(H,61,69)(H,63,73)/t33?,40-,48-,49-,50-,51+,55+,58-/m0/s1. The van der Waals surface area contributed by atoms with E-state index in [2.05, 4.69) is 27.8 Å². The zero-order valence-corrected chi connectivity index (χ0v) is 46.4. The minimum absolute atomic E-state index is 0.0131. The monoisotopic (exact) mass is 1150 g/mol. The van der Waals surface area contributed by atoms with Gasteiger partial charge < -0.3 is 68.3 Å². The van der Waals surface area contributed by atoms with Gasteiger partial charge in [-0.05, 0) is 85.9 Å². The minimum Gasteiger partial charge on any atom is -0.467 e. The van der Waals surface area contributed by atoms with Crippen molar-refractivity contribution in [1.29, 1.82) is 0 Å². The van der Waals surface area contributed by atoms with Crippen molar-refractivity contribution in [2.45, 2.75) is 154 Å². The summed E-state index contributed by atoms with van der Waals surface area (Å²) in [5.74, 6) is -0.733. The molecule has 9 rings (SSSR count). The van der Waals surface area contributed by atoms with Crippen LogP contribution in [0.4, 0.5) is 9.18 Å². The average molecular weight is 1150 g/mol. The Kier molecular flexibility index (Phi) is 17.8. The number of aliphatic hydroxyl groups is 1. The molecule has 2 aliphatic carbocycles. The molecule has 24 nitrogen and oxygen atoms in total. The van der Waals surface area contributed by atoms with E-state index in [-0.39, 0.29) is 91.0 Å². The summed E-state index contributed by atoms with van der Waals surface area (Å²) in [6.07, 6.45) is -5.30. The van der Waals surface area contributed by atoms with Gasteiger partial charge >= 0.3 is 35.9 Å². The van der Waals surface area contributed by atoms with E-state index in [9.17, 15) is 48.3 Å². The number of nitrogens with zero attached hydrogens (tertiary/aromatic N) is 2. The van der Waals surface area contributed by atoms with Crippen LogP contribution in [-0.2, 0) is 98.4 Å². The fraction of sp³-hybridized carbons (Fsp3) is 0.483. The number of carbonyl (C=O) groups is 8. The van der Waals surface area contributed by atoms with Crippen LogP contribution in [0, 0.1) is 24.6 Å². The van der Waals surface area contributed by atoms with Crippen molar-refractivity contribution < 1.29 is 90.5 Å². The fourth-order valence-corrected chi connectivity index (χ4v) is 11.1. The van der Waals surface area contributed by atoms with Crippen LogP contribution >= 0.6 is 0 Å². The number of pyridine rings is 2. The van der Waals surface area contributed by atoms with Crippen LogP contribution in [0.15, 0.2) is 35.1 Å². The molecule has 0 radical (unpaired) electrons. The number of cyclic esters (lactones) is 1. The molecule has 25 heteroatoms. The number of benzene rings is 2. The molecule has 4 aromatic rings. The summed E-state index contributed by atoms with van der Waals surface area (Å²) < 4.78 is 67.3. The van der Waals surface area contributed by atoms with E-state index in [0.717, 1.165) is 53.6 Å². The molecule has 8 atom stereocenters. The molecule has 1 saturated heterocycles. The number of fused-ring (bicyclic) bond motifs is 5. The van der Waals surface area contributed by atoms with Crippen LogP contribution in [0.25, 0.3) is 22.3 Å². The Morgan fingerprint density at radius 1 is 0.904 bits per heavy atom. The first-order chi connectivity index (χ1) is 39.7. The topological polar surface area (TPSA) is 311 Å². The van der Waals surface area contributed by atoms with Crippen LogP contribution in [0.5, 0.6) is 5.75 Å². The molecule has 83 heavy (non-hydrogen) atoms. The number of alkyl carbamates (subject to hydrolysis) is 1. The Bertz CT molecular complexity index is 3440. The molecule has 4 N–H and O–H groups in total. The Hall–Kier alpha value is -8.47.